The quantitative estimate of drug-likeness (QED) is 0.664. The number of anilines is 1. The van der Waals surface area contributed by atoms with Gasteiger partial charge >= 0.3 is 12.1 Å². The molecule has 9 heteroatoms. The van der Waals surface area contributed by atoms with Crippen LogP contribution in [0.3, 0.4) is 0 Å². The van der Waals surface area contributed by atoms with Gasteiger partial charge in [-0.3, -0.25) is 4.90 Å². The van der Waals surface area contributed by atoms with E-state index in [4.69, 9.17) is 4.74 Å². The van der Waals surface area contributed by atoms with Crippen LogP contribution < -0.4 is 9.64 Å². The van der Waals surface area contributed by atoms with Gasteiger partial charge in [0, 0.05) is 38.9 Å². The number of hydrogen-bond acceptors (Lipinski definition) is 6. The number of alkyl halides is 3. The van der Waals surface area contributed by atoms with E-state index in [2.05, 4.69) is 14.6 Å². The van der Waals surface area contributed by atoms with Crippen LogP contribution in [0, 0.1) is 0 Å². The minimum Gasteiger partial charge on any atom is -0.492 e. The number of benzene rings is 1. The Morgan fingerprint density at radius 2 is 1.83 bits per heavy atom. The van der Waals surface area contributed by atoms with Crippen molar-refractivity contribution in [3.63, 3.8) is 0 Å². The summed E-state index contributed by atoms with van der Waals surface area (Å²) in [4.78, 5) is 19.7. The van der Waals surface area contributed by atoms with E-state index >= 15 is 0 Å². The number of aromatic nitrogens is 1. The number of carbonyl (C=O) groups is 1. The van der Waals surface area contributed by atoms with Crippen LogP contribution in [-0.2, 0) is 10.9 Å². The molecule has 2 heterocycles. The maximum Gasteiger partial charge on any atom is 0.417 e. The van der Waals surface area contributed by atoms with Crippen molar-refractivity contribution >= 4 is 11.8 Å². The Kier molecular flexibility index (Phi) is 7.15. The number of nitrogens with zero attached hydrogens (tertiary/aromatic N) is 3. The van der Waals surface area contributed by atoms with Gasteiger partial charge in [-0.05, 0) is 42.8 Å². The first-order valence-electron chi connectivity index (χ1n) is 9.68. The fourth-order valence-electron chi connectivity index (χ4n) is 3.26. The molecular formula is C21H24F3N3O3. The van der Waals surface area contributed by atoms with E-state index in [1.54, 1.807) is 24.3 Å². The van der Waals surface area contributed by atoms with Gasteiger partial charge in [0.1, 0.15) is 18.2 Å². The van der Waals surface area contributed by atoms with Crippen LogP contribution in [-0.4, -0.2) is 62.3 Å². The summed E-state index contributed by atoms with van der Waals surface area (Å²) in [5.41, 5.74) is -0.270. The number of ether oxygens (including phenoxy) is 2. The van der Waals surface area contributed by atoms with Crippen LogP contribution in [0.25, 0.3) is 0 Å². The molecule has 2 aromatic rings. The second-order valence-electron chi connectivity index (χ2n) is 6.95. The van der Waals surface area contributed by atoms with Crippen LogP contribution in [0.5, 0.6) is 5.75 Å². The molecule has 1 saturated heterocycles. The first-order valence-corrected chi connectivity index (χ1v) is 9.68. The number of rotatable bonds is 6. The molecule has 0 atom stereocenters. The molecule has 0 bridgehead atoms. The lowest BCUT2D eigenvalue weighted by atomic mass is 10.2. The SMILES string of the molecule is COC(=O)c1ccc(OCCN2CCCN(c3ccc(C(F)(F)F)cn3)CC2)cc1. The van der Waals surface area contributed by atoms with Gasteiger partial charge in [-0.25, -0.2) is 9.78 Å². The van der Waals surface area contributed by atoms with Gasteiger partial charge < -0.3 is 14.4 Å². The highest BCUT2D eigenvalue weighted by Gasteiger charge is 2.31. The fraction of sp³-hybridized carbons (Fsp3) is 0.429. The van der Waals surface area contributed by atoms with E-state index in [-0.39, 0.29) is 0 Å². The van der Waals surface area contributed by atoms with Crippen LogP contribution in [0.15, 0.2) is 42.6 Å². The summed E-state index contributed by atoms with van der Waals surface area (Å²) >= 11 is 0. The minimum atomic E-state index is -4.37. The van der Waals surface area contributed by atoms with Crippen LogP contribution in [0.4, 0.5) is 19.0 Å². The Balaban J connectivity index is 1.45. The molecule has 1 aromatic heterocycles. The maximum atomic E-state index is 12.7. The summed E-state index contributed by atoms with van der Waals surface area (Å²) in [6.07, 6.45) is -2.60. The van der Waals surface area contributed by atoms with Crippen molar-refractivity contribution < 1.29 is 27.4 Å². The van der Waals surface area contributed by atoms with E-state index in [0.29, 0.717) is 30.3 Å². The van der Waals surface area contributed by atoms with Crippen molar-refractivity contribution in [1.29, 1.82) is 0 Å². The van der Waals surface area contributed by atoms with E-state index in [1.807, 2.05) is 4.90 Å². The van der Waals surface area contributed by atoms with Crippen molar-refractivity contribution in [3.8, 4) is 5.75 Å². The zero-order valence-corrected chi connectivity index (χ0v) is 16.7. The maximum absolute atomic E-state index is 12.7. The molecule has 1 aliphatic rings. The number of carbonyl (C=O) groups excluding carboxylic acids is 1. The number of halogens is 3. The minimum absolute atomic E-state index is 0.391. The summed E-state index contributed by atoms with van der Waals surface area (Å²) in [6, 6.07) is 9.27. The largest absolute Gasteiger partial charge is 0.492 e. The number of methoxy groups -OCH3 is 1. The molecule has 0 aliphatic carbocycles. The molecule has 0 N–H and O–H groups in total. The molecule has 162 valence electrons. The molecule has 0 radical (unpaired) electrons. The molecule has 1 aromatic carbocycles. The van der Waals surface area contributed by atoms with Crippen molar-refractivity contribution in [2.24, 2.45) is 0 Å². The summed E-state index contributed by atoms with van der Waals surface area (Å²) in [7, 11) is 1.34. The highest BCUT2D eigenvalue weighted by Crippen LogP contribution is 2.29. The molecule has 30 heavy (non-hydrogen) atoms. The van der Waals surface area contributed by atoms with Gasteiger partial charge in [0.25, 0.3) is 0 Å². The van der Waals surface area contributed by atoms with Crippen LogP contribution in [0.1, 0.15) is 22.3 Å². The summed E-state index contributed by atoms with van der Waals surface area (Å²) in [6.45, 7) is 4.30. The van der Waals surface area contributed by atoms with Gasteiger partial charge in [0.2, 0.25) is 0 Å². The topological polar surface area (TPSA) is 54.9 Å². The van der Waals surface area contributed by atoms with E-state index in [9.17, 15) is 18.0 Å². The lowest BCUT2D eigenvalue weighted by Gasteiger charge is -2.23. The highest BCUT2D eigenvalue weighted by atomic mass is 19.4. The molecular weight excluding hydrogens is 399 g/mol. The number of pyridine rings is 1. The summed E-state index contributed by atoms with van der Waals surface area (Å²) in [5, 5.41) is 0. The van der Waals surface area contributed by atoms with Crippen LogP contribution >= 0.6 is 0 Å². The number of esters is 1. The van der Waals surface area contributed by atoms with E-state index < -0.39 is 17.7 Å². The zero-order valence-electron chi connectivity index (χ0n) is 16.7. The lowest BCUT2D eigenvalue weighted by Crippen LogP contribution is -2.33. The Bertz CT molecular complexity index is 826. The molecule has 0 saturated carbocycles. The molecule has 1 aliphatic heterocycles. The van der Waals surface area contributed by atoms with E-state index in [1.165, 1.54) is 13.2 Å². The Morgan fingerprint density at radius 3 is 2.47 bits per heavy atom. The average molecular weight is 423 g/mol. The average Bonchev–Trinajstić information content (AvgIpc) is 2.99. The molecule has 3 rings (SSSR count). The Labute approximate surface area is 173 Å². The monoisotopic (exact) mass is 423 g/mol. The Hall–Kier alpha value is -2.81. The first-order chi connectivity index (χ1) is 14.4. The third-order valence-electron chi connectivity index (χ3n) is 4.94. The zero-order chi connectivity index (χ0) is 21.6. The van der Waals surface area contributed by atoms with Gasteiger partial charge in [-0.2, -0.15) is 13.2 Å². The predicted molar refractivity (Wildman–Crippen MR) is 106 cm³/mol. The van der Waals surface area contributed by atoms with E-state index in [0.717, 1.165) is 44.9 Å². The van der Waals surface area contributed by atoms with Gasteiger partial charge in [-0.15, -0.1) is 0 Å². The van der Waals surface area contributed by atoms with Crippen molar-refractivity contribution in [2.75, 3.05) is 51.3 Å². The van der Waals surface area contributed by atoms with Gasteiger partial charge in [0.05, 0.1) is 18.2 Å². The second kappa shape index (κ2) is 9.80. The molecule has 0 unspecified atom stereocenters. The number of hydrogen-bond donors (Lipinski definition) is 0. The molecule has 1 fully saturated rings. The fourth-order valence-corrected chi connectivity index (χ4v) is 3.26. The van der Waals surface area contributed by atoms with Crippen molar-refractivity contribution in [2.45, 2.75) is 12.6 Å². The lowest BCUT2D eigenvalue weighted by molar-refractivity contribution is -0.137. The third-order valence-corrected chi connectivity index (χ3v) is 4.94. The predicted octanol–water partition coefficient (Wildman–Crippen LogP) is 3.48. The second-order valence-corrected chi connectivity index (χ2v) is 6.95. The standard InChI is InChI=1S/C21H24F3N3O3/c1-29-20(28)16-3-6-18(7-4-16)30-14-13-26-9-2-10-27(12-11-26)19-8-5-17(15-25-19)21(22,23)24/h3-8,15H,2,9-14H2,1H3. The molecule has 6 nitrogen and oxygen atoms in total. The highest BCUT2D eigenvalue weighted by molar-refractivity contribution is 5.89. The molecule has 0 amide bonds. The summed E-state index contributed by atoms with van der Waals surface area (Å²) in [5.74, 6) is 0.845. The first kappa shape index (κ1) is 21.9. The third kappa shape index (κ3) is 5.85. The van der Waals surface area contributed by atoms with Crippen LogP contribution in [0.2, 0.25) is 0 Å². The van der Waals surface area contributed by atoms with Gasteiger partial charge in [0.15, 0.2) is 0 Å². The van der Waals surface area contributed by atoms with Gasteiger partial charge in [-0.1, -0.05) is 0 Å². The van der Waals surface area contributed by atoms with Crippen molar-refractivity contribution in [3.05, 3.63) is 53.7 Å². The Morgan fingerprint density at radius 1 is 1.07 bits per heavy atom. The van der Waals surface area contributed by atoms with Crippen molar-refractivity contribution in [1.82, 2.24) is 9.88 Å². The normalized spacial score (nSPS) is 15.5. The summed E-state index contributed by atoms with van der Waals surface area (Å²) < 4.78 is 48.5. The molecule has 0 spiro atoms. The smallest absolute Gasteiger partial charge is 0.417 e.